The quantitative estimate of drug-likeness (QED) is 0.510. The lowest BCUT2D eigenvalue weighted by molar-refractivity contribution is -0.107. The molecule has 0 amide bonds. The molecular weight excluding hydrogens is 396 g/mol. The molecule has 0 aliphatic carbocycles. The molecule has 28 heavy (non-hydrogen) atoms. The van der Waals surface area contributed by atoms with Gasteiger partial charge in [0, 0.05) is 18.5 Å². The fourth-order valence-electron chi connectivity index (χ4n) is 3.61. The number of fused-ring (bicyclic) bond motifs is 2. The topological polar surface area (TPSA) is 66.5 Å². The van der Waals surface area contributed by atoms with E-state index in [2.05, 4.69) is 5.32 Å². The molecule has 1 atom stereocenters. The third-order valence-electron chi connectivity index (χ3n) is 5.11. The predicted octanol–water partition coefficient (Wildman–Crippen LogP) is 4.31. The van der Waals surface area contributed by atoms with Crippen molar-refractivity contribution in [3.8, 4) is 0 Å². The fourth-order valence-corrected chi connectivity index (χ4v) is 5.32. The van der Waals surface area contributed by atoms with Crippen LogP contribution >= 0.6 is 11.6 Å². The Morgan fingerprint density at radius 3 is 2.61 bits per heavy atom. The molecule has 0 spiro atoms. The number of benzene rings is 2. The number of para-hydroxylation sites is 1. The normalized spacial score (nSPS) is 17.5. The van der Waals surface area contributed by atoms with Crippen molar-refractivity contribution >= 4 is 33.6 Å². The molecule has 0 saturated heterocycles. The molecule has 1 aliphatic rings. The van der Waals surface area contributed by atoms with Crippen molar-refractivity contribution in [1.29, 1.82) is 0 Å². The molecule has 0 radical (unpaired) electrons. The Morgan fingerprint density at radius 1 is 1.07 bits per heavy atom. The number of aldehydes is 1. The van der Waals surface area contributed by atoms with Gasteiger partial charge in [0.25, 0.3) is 10.0 Å². The zero-order chi connectivity index (χ0) is 20.1. The minimum atomic E-state index is -3.70. The van der Waals surface area contributed by atoms with Gasteiger partial charge in [0.15, 0.2) is 0 Å². The van der Waals surface area contributed by atoms with E-state index in [1.165, 1.54) is 10.4 Å². The third-order valence-corrected chi connectivity index (χ3v) is 7.17. The standard InChI is InChI=1S/C21H25ClN2O3S/c1-24-19-10-6-5-9-17(19)21(23-13-7-3-2-4-8-14-25)18-12-11-16(22)15-20(18)28(24,26)27/h5-6,9-12,14-15,21,23H,2-4,7-8,13H2,1H3. The van der Waals surface area contributed by atoms with Crippen LogP contribution in [0.1, 0.15) is 49.3 Å². The third kappa shape index (κ3) is 4.24. The summed E-state index contributed by atoms with van der Waals surface area (Å²) >= 11 is 6.12. The summed E-state index contributed by atoms with van der Waals surface area (Å²) in [4.78, 5) is 10.6. The predicted molar refractivity (Wildman–Crippen MR) is 112 cm³/mol. The highest BCUT2D eigenvalue weighted by molar-refractivity contribution is 7.92. The van der Waals surface area contributed by atoms with Gasteiger partial charge in [-0.3, -0.25) is 4.31 Å². The van der Waals surface area contributed by atoms with Crippen LogP contribution in [0.3, 0.4) is 0 Å². The Labute approximate surface area is 171 Å². The first-order valence-electron chi connectivity index (χ1n) is 9.51. The number of nitrogens with zero attached hydrogens (tertiary/aromatic N) is 1. The number of carbonyl (C=O) groups is 1. The maximum Gasteiger partial charge on any atom is 0.264 e. The second-order valence-electron chi connectivity index (χ2n) is 6.97. The van der Waals surface area contributed by atoms with E-state index in [1.807, 2.05) is 24.3 Å². The summed E-state index contributed by atoms with van der Waals surface area (Å²) in [6, 6.07) is 12.4. The van der Waals surface area contributed by atoms with Crippen LogP contribution in [0.25, 0.3) is 0 Å². The van der Waals surface area contributed by atoms with Crippen LogP contribution in [-0.2, 0) is 14.8 Å². The minimum Gasteiger partial charge on any atom is -0.306 e. The van der Waals surface area contributed by atoms with Crippen molar-refractivity contribution in [3.05, 3.63) is 58.6 Å². The van der Waals surface area contributed by atoms with Gasteiger partial charge >= 0.3 is 0 Å². The molecule has 0 bridgehead atoms. The molecule has 1 heterocycles. The highest BCUT2D eigenvalue weighted by atomic mass is 35.5. The second kappa shape index (κ2) is 9.07. The van der Waals surface area contributed by atoms with Gasteiger partial charge in [0.1, 0.15) is 6.29 Å². The summed E-state index contributed by atoms with van der Waals surface area (Å²) in [7, 11) is -2.12. The Bertz CT molecular complexity index is 946. The molecular formula is C21H25ClN2O3S. The van der Waals surface area contributed by atoms with Crippen LogP contribution in [-0.4, -0.2) is 28.3 Å². The zero-order valence-electron chi connectivity index (χ0n) is 15.9. The molecule has 150 valence electrons. The number of unbranched alkanes of at least 4 members (excludes halogenated alkanes) is 4. The fraction of sp³-hybridized carbons (Fsp3) is 0.381. The summed E-state index contributed by atoms with van der Waals surface area (Å²) in [5.41, 5.74) is 2.30. The van der Waals surface area contributed by atoms with Crippen molar-refractivity contribution < 1.29 is 13.2 Å². The highest BCUT2D eigenvalue weighted by Crippen LogP contribution is 2.40. The smallest absolute Gasteiger partial charge is 0.264 e. The van der Waals surface area contributed by atoms with Crippen LogP contribution in [0.4, 0.5) is 5.69 Å². The summed E-state index contributed by atoms with van der Waals surface area (Å²) in [5.74, 6) is 0. The number of nitrogens with one attached hydrogen (secondary N) is 1. The van der Waals surface area contributed by atoms with E-state index in [1.54, 1.807) is 19.2 Å². The van der Waals surface area contributed by atoms with Gasteiger partial charge in [-0.1, -0.05) is 48.7 Å². The van der Waals surface area contributed by atoms with E-state index < -0.39 is 10.0 Å². The number of hydrogen-bond acceptors (Lipinski definition) is 4. The average molecular weight is 421 g/mol. The number of hydrogen-bond donors (Lipinski definition) is 1. The average Bonchev–Trinajstić information content (AvgIpc) is 2.75. The van der Waals surface area contributed by atoms with E-state index in [4.69, 9.17) is 11.6 Å². The molecule has 1 unspecified atom stereocenters. The molecule has 1 N–H and O–H groups in total. The second-order valence-corrected chi connectivity index (χ2v) is 9.34. The van der Waals surface area contributed by atoms with Crippen LogP contribution in [0.15, 0.2) is 47.4 Å². The van der Waals surface area contributed by atoms with Crippen LogP contribution in [0.5, 0.6) is 0 Å². The monoisotopic (exact) mass is 420 g/mol. The number of rotatable bonds is 8. The van der Waals surface area contributed by atoms with Gasteiger partial charge < -0.3 is 10.1 Å². The molecule has 2 aromatic carbocycles. The van der Waals surface area contributed by atoms with Crippen LogP contribution in [0.2, 0.25) is 5.02 Å². The minimum absolute atomic E-state index is 0.238. The first-order valence-corrected chi connectivity index (χ1v) is 11.3. The number of halogens is 1. The maximum atomic E-state index is 13.2. The lowest BCUT2D eigenvalue weighted by Crippen LogP contribution is -2.26. The van der Waals surface area contributed by atoms with Gasteiger partial charge in [0.2, 0.25) is 0 Å². The SMILES string of the molecule is CN1c2ccccc2C(NCCCCCCC=O)c2ccc(Cl)cc2S1(=O)=O. The number of sulfonamides is 1. The molecule has 1 aliphatic heterocycles. The van der Waals surface area contributed by atoms with E-state index in [-0.39, 0.29) is 10.9 Å². The van der Waals surface area contributed by atoms with Gasteiger partial charge in [-0.2, -0.15) is 0 Å². The van der Waals surface area contributed by atoms with E-state index in [0.29, 0.717) is 22.7 Å². The molecule has 5 nitrogen and oxygen atoms in total. The Balaban J connectivity index is 1.91. The summed E-state index contributed by atoms with van der Waals surface area (Å²) < 4.78 is 27.7. The largest absolute Gasteiger partial charge is 0.306 e. The Kier molecular flexibility index (Phi) is 6.75. The van der Waals surface area contributed by atoms with Crippen molar-refractivity contribution in [2.45, 2.75) is 43.0 Å². The zero-order valence-corrected chi connectivity index (χ0v) is 17.5. The van der Waals surface area contributed by atoms with Crippen molar-refractivity contribution in [2.75, 3.05) is 17.9 Å². The summed E-state index contributed by atoms with van der Waals surface area (Å²) in [5, 5.41) is 3.94. The maximum absolute atomic E-state index is 13.2. The van der Waals surface area contributed by atoms with Crippen LogP contribution < -0.4 is 9.62 Å². The summed E-state index contributed by atoms with van der Waals surface area (Å²) in [6.07, 6.45) is 5.50. The van der Waals surface area contributed by atoms with Gasteiger partial charge in [0.05, 0.1) is 16.6 Å². The lowest BCUT2D eigenvalue weighted by atomic mass is 9.96. The van der Waals surface area contributed by atoms with E-state index in [0.717, 1.165) is 44.1 Å². The van der Waals surface area contributed by atoms with Crippen molar-refractivity contribution in [2.24, 2.45) is 0 Å². The van der Waals surface area contributed by atoms with Crippen molar-refractivity contribution in [3.63, 3.8) is 0 Å². The molecule has 2 aromatic rings. The van der Waals surface area contributed by atoms with Gasteiger partial charge in [-0.25, -0.2) is 8.42 Å². The van der Waals surface area contributed by atoms with Crippen LogP contribution in [0, 0.1) is 0 Å². The van der Waals surface area contributed by atoms with E-state index in [9.17, 15) is 13.2 Å². The number of anilines is 1. The van der Waals surface area contributed by atoms with E-state index >= 15 is 0 Å². The molecule has 7 heteroatoms. The first-order chi connectivity index (χ1) is 13.5. The highest BCUT2D eigenvalue weighted by Gasteiger charge is 2.34. The first kappa shape index (κ1) is 20.8. The molecule has 0 aromatic heterocycles. The molecule has 0 saturated carbocycles. The Morgan fingerprint density at radius 2 is 1.82 bits per heavy atom. The van der Waals surface area contributed by atoms with Crippen molar-refractivity contribution in [1.82, 2.24) is 5.32 Å². The number of carbonyl (C=O) groups excluding carboxylic acids is 1. The Hall–Kier alpha value is -1.89. The van der Waals surface area contributed by atoms with Gasteiger partial charge in [-0.05, 0) is 48.7 Å². The summed E-state index contributed by atoms with van der Waals surface area (Å²) in [6.45, 7) is 0.756. The molecule has 3 rings (SSSR count). The van der Waals surface area contributed by atoms with Gasteiger partial charge in [-0.15, -0.1) is 0 Å². The lowest BCUT2D eigenvalue weighted by Gasteiger charge is -2.22. The molecule has 0 fully saturated rings.